The minimum atomic E-state index is 0.0373. The predicted molar refractivity (Wildman–Crippen MR) is 71.5 cm³/mol. The summed E-state index contributed by atoms with van der Waals surface area (Å²) in [7, 11) is 0. The highest BCUT2D eigenvalue weighted by Gasteiger charge is 2.33. The number of amides is 1. The topological polar surface area (TPSA) is 44.7 Å². The molecule has 0 aromatic rings. The van der Waals surface area contributed by atoms with E-state index in [9.17, 15) is 4.79 Å². The number of nitrogens with zero attached hydrogens (tertiary/aromatic N) is 2. The zero-order chi connectivity index (χ0) is 12.7. The minimum Gasteiger partial charge on any atom is -0.346 e. The van der Waals surface area contributed by atoms with Gasteiger partial charge in [-0.15, -0.1) is 0 Å². The molecule has 2 aliphatic heterocycles. The van der Waals surface area contributed by atoms with Crippen LogP contribution in [0.4, 0.5) is 0 Å². The number of rotatable bonds is 4. The molecule has 0 aromatic carbocycles. The van der Waals surface area contributed by atoms with Gasteiger partial charge in [0.2, 0.25) is 0 Å². The Hall–Kier alpha value is -1.16. The summed E-state index contributed by atoms with van der Waals surface area (Å²) in [6, 6.07) is 0.887. The largest absolute Gasteiger partial charge is 0.346 e. The first-order valence-electron chi connectivity index (χ1n) is 6.94. The van der Waals surface area contributed by atoms with Crippen molar-refractivity contribution in [2.45, 2.75) is 45.2 Å². The Morgan fingerprint density at radius 2 is 2.17 bits per heavy atom. The summed E-state index contributed by atoms with van der Waals surface area (Å²) in [4.78, 5) is 18.6. The van der Waals surface area contributed by atoms with Gasteiger partial charge in [0, 0.05) is 31.8 Å². The lowest BCUT2D eigenvalue weighted by Gasteiger charge is -2.42. The van der Waals surface area contributed by atoms with Crippen LogP contribution in [-0.2, 0) is 4.79 Å². The maximum Gasteiger partial charge on any atom is 0.266 e. The smallest absolute Gasteiger partial charge is 0.266 e. The summed E-state index contributed by atoms with van der Waals surface area (Å²) in [5.74, 6) is 0.759. The van der Waals surface area contributed by atoms with Crippen molar-refractivity contribution in [3.05, 3.63) is 11.8 Å². The number of hydrogen-bond donors (Lipinski definition) is 1. The van der Waals surface area contributed by atoms with Crippen molar-refractivity contribution in [3.63, 3.8) is 0 Å². The molecule has 4 nitrogen and oxygen atoms in total. The van der Waals surface area contributed by atoms with Crippen LogP contribution in [0.25, 0.3) is 0 Å². The molecule has 0 unspecified atom stereocenters. The van der Waals surface area contributed by atoms with Crippen molar-refractivity contribution in [2.24, 2.45) is 10.9 Å². The normalized spacial score (nSPS) is 24.8. The number of hydrogen-bond acceptors (Lipinski definition) is 3. The van der Waals surface area contributed by atoms with E-state index in [0.29, 0.717) is 17.8 Å². The van der Waals surface area contributed by atoms with E-state index in [0.717, 1.165) is 25.4 Å². The van der Waals surface area contributed by atoms with Gasteiger partial charge in [-0.05, 0) is 38.2 Å². The van der Waals surface area contributed by atoms with E-state index < -0.39 is 0 Å². The summed E-state index contributed by atoms with van der Waals surface area (Å²) in [5, 5.41) is 3.08. The Kier molecular flexibility index (Phi) is 2.98. The highest BCUT2D eigenvalue weighted by Crippen LogP contribution is 2.39. The zero-order valence-electron chi connectivity index (χ0n) is 11.1. The Bertz CT molecular complexity index is 415. The summed E-state index contributed by atoms with van der Waals surface area (Å²) in [6.45, 7) is 6.31. The molecule has 3 aliphatic rings. The van der Waals surface area contributed by atoms with Crippen molar-refractivity contribution in [2.75, 3.05) is 13.1 Å². The molecule has 2 heterocycles. The van der Waals surface area contributed by atoms with Crippen LogP contribution in [0.15, 0.2) is 16.8 Å². The molecule has 2 fully saturated rings. The average Bonchev–Trinajstić information content (AvgIpc) is 3.00. The highest BCUT2D eigenvalue weighted by atomic mass is 16.2. The van der Waals surface area contributed by atoms with Crippen molar-refractivity contribution in [3.8, 4) is 0 Å². The highest BCUT2D eigenvalue weighted by molar-refractivity contribution is 6.40. The van der Waals surface area contributed by atoms with Gasteiger partial charge in [-0.1, -0.05) is 0 Å². The lowest BCUT2D eigenvalue weighted by Crippen LogP contribution is -2.61. The Labute approximate surface area is 108 Å². The third-order valence-corrected chi connectivity index (χ3v) is 4.10. The van der Waals surface area contributed by atoms with E-state index in [1.54, 1.807) is 0 Å². The van der Waals surface area contributed by atoms with Crippen LogP contribution < -0.4 is 5.32 Å². The second kappa shape index (κ2) is 4.50. The molecule has 98 valence electrons. The molecule has 1 N–H and O–H groups in total. The van der Waals surface area contributed by atoms with Crippen LogP contribution in [0.1, 0.15) is 33.1 Å². The van der Waals surface area contributed by atoms with E-state index >= 15 is 0 Å². The van der Waals surface area contributed by atoms with Gasteiger partial charge in [-0.25, -0.2) is 0 Å². The summed E-state index contributed by atoms with van der Waals surface area (Å²) in [6.07, 6.45) is 5.25. The lowest BCUT2D eigenvalue weighted by atomic mass is 10.0. The van der Waals surface area contributed by atoms with E-state index in [1.165, 1.54) is 18.4 Å². The lowest BCUT2D eigenvalue weighted by molar-refractivity contribution is -0.116. The molecular weight excluding hydrogens is 226 g/mol. The van der Waals surface area contributed by atoms with Crippen molar-refractivity contribution in [1.29, 1.82) is 0 Å². The molecule has 1 saturated carbocycles. The Balaban J connectivity index is 1.43. The number of nitrogens with one attached hydrogen (secondary N) is 1. The maximum atomic E-state index is 12.0. The maximum absolute atomic E-state index is 12.0. The second-order valence-corrected chi connectivity index (χ2v) is 5.95. The SMILES string of the molecule is CC(C)N1CC(NC(=O)C2=NC=C(C3CC3)C2)C1. The molecular formula is C14H21N3O. The molecule has 1 aliphatic carbocycles. The molecule has 0 radical (unpaired) electrons. The van der Waals surface area contributed by atoms with E-state index in [1.807, 2.05) is 6.20 Å². The van der Waals surface area contributed by atoms with Crippen LogP contribution in [0.2, 0.25) is 0 Å². The number of allylic oxidation sites excluding steroid dienone is 1. The van der Waals surface area contributed by atoms with Crippen molar-refractivity contribution >= 4 is 11.6 Å². The van der Waals surface area contributed by atoms with Gasteiger partial charge in [-0.3, -0.25) is 14.7 Å². The fraction of sp³-hybridized carbons (Fsp3) is 0.714. The fourth-order valence-electron chi connectivity index (χ4n) is 2.58. The number of carbonyl (C=O) groups excluding carboxylic acids is 1. The van der Waals surface area contributed by atoms with Gasteiger partial charge in [0.1, 0.15) is 5.71 Å². The quantitative estimate of drug-likeness (QED) is 0.814. The second-order valence-electron chi connectivity index (χ2n) is 5.95. The third-order valence-electron chi connectivity index (χ3n) is 4.10. The minimum absolute atomic E-state index is 0.0373. The molecule has 0 aromatic heterocycles. The van der Waals surface area contributed by atoms with Crippen LogP contribution >= 0.6 is 0 Å². The van der Waals surface area contributed by atoms with Crippen molar-refractivity contribution in [1.82, 2.24) is 10.2 Å². The van der Waals surface area contributed by atoms with Gasteiger partial charge in [0.15, 0.2) is 0 Å². The van der Waals surface area contributed by atoms with Gasteiger partial charge < -0.3 is 5.32 Å². The molecule has 0 bridgehead atoms. The average molecular weight is 247 g/mol. The van der Waals surface area contributed by atoms with Crippen LogP contribution in [0.3, 0.4) is 0 Å². The molecule has 0 spiro atoms. The first-order chi connectivity index (χ1) is 8.63. The molecule has 0 atom stereocenters. The van der Waals surface area contributed by atoms with E-state index in [4.69, 9.17) is 0 Å². The zero-order valence-corrected chi connectivity index (χ0v) is 11.1. The monoisotopic (exact) mass is 247 g/mol. The van der Waals surface area contributed by atoms with Gasteiger partial charge >= 0.3 is 0 Å². The predicted octanol–water partition coefficient (Wildman–Crippen LogP) is 1.33. The van der Waals surface area contributed by atoms with Gasteiger partial charge in [0.05, 0.1) is 6.04 Å². The van der Waals surface area contributed by atoms with Gasteiger partial charge in [-0.2, -0.15) is 0 Å². The molecule has 4 heteroatoms. The summed E-state index contributed by atoms with van der Waals surface area (Å²) >= 11 is 0. The van der Waals surface area contributed by atoms with Crippen LogP contribution in [0, 0.1) is 5.92 Å². The summed E-state index contributed by atoms with van der Waals surface area (Å²) < 4.78 is 0. The molecule has 18 heavy (non-hydrogen) atoms. The Morgan fingerprint density at radius 3 is 2.78 bits per heavy atom. The number of aliphatic imine (C=N–C) groups is 1. The van der Waals surface area contributed by atoms with Gasteiger partial charge in [0.25, 0.3) is 5.91 Å². The fourth-order valence-corrected chi connectivity index (χ4v) is 2.58. The van der Waals surface area contributed by atoms with Crippen molar-refractivity contribution < 1.29 is 4.79 Å². The molecule has 1 amide bonds. The molecule has 1 saturated heterocycles. The summed E-state index contributed by atoms with van der Waals surface area (Å²) in [5.41, 5.74) is 2.07. The Morgan fingerprint density at radius 1 is 1.44 bits per heavy atom. The number of carbonyl (C=O) groups is 1. The van der Waals surface area contributed by atoms with E-state index in [2.05, 4.69) is 29.1 Å². The number of likely N-dealkylation sites (tertiary alicyclic amines) is 1. The first kappa shape index (κ1) is 11.9. The first-order valence-corrected chi connectivity index (χ1v) is 6.94. The third kappa shape index (κ3) is 2.34. The van der Waals surface area contributed by atoms with E-state index in [-0.39, 0.29) is 5.91 Å². The standard InChI is InChI=1S/C14H21N3O/c1-9(2)17-7-12(8-17)16-14(18)13-5-11(6-15-13)10-3-4-10/h6,9-10,12H,3-5,7-8H2,1-2H3,(H,16,18). The molecule has 3 rings (SSSR count). The van der Waals surface area contributed by atoms with Crippen LogP contribution in [-0.4, -0.2) is 41.7 Å². The van der Waals surface area contributed by atoms with Crippen LogP contribution in [0.5, 0.6) is 0 Å².